The van der Waals surface area contributed by atoms with E-state index in [1.807, 2.05) is 36.4 Å². The molecule has 2 aromatic carbocycles. The van der Waals surface area contributed by atoms with Crippen LogP contribution >= 0.6 is 0 Å². The first-order valence-corrected chi connectivity index (χ1v) is 8.63. The fraction of sp³-hybridized carbons (Fsp3) is 0.350. The Bertz CT molecular complexity index is 736. The van der Waals surface area contributed by atoms with E-state index in [9.17, 15) is 4.79 Å². The van der Waals surface area contributed by atoms with Gasteiger partial charge in [-0.25, -0.2) is 9.18 Å². The van der Waals surface area contributed by atoms with Crippen LogP contribution in [0.5, 0.6) is 0 Å². The van der Waals surface area contributed by atoms with Crippen LogP contribution in [0.25, 0.3) is 11.1 Å². The van der Waals surface area contributed by atoms with E-state index < -0.39 is 0 Å². The van der Waals surface area contributed by atoms with E-state index in [0.717, 1.165) is 5.56 Å². The van der Waals surface area contributed by atoms with Crippen LogP contribution in [0.15, 0.2) is 48.5 Å². The first-order chi connectivity index (χ1) is 12.1. The van der Waals surface area contributed by atoms with Crippen molar-refractivity contribution in [1.82, 2.24) is 4.90 Å². The molecule has 2 aromatic rings. The monoisotopic (exact) mass is 342 g/mol. The molecular formula is C20H23FN2O2. The molecule has 3 rings (SSSR count). The minimum Gasteiger partial charge on any atom is -0.450 e. The van der Waals surface area contributed by atoms with Crippen molar-refractivity contribution in [3.8, 4) is 11.1 Å². The Hall–Kier alpha value is -2.40. The van der Waals surface area contributed by atoms with Gasteiger partial charge in [-0.05, 0) is 30.9 Å². The predicted octanol–water partition coefficient (Wildman–Crippen LogP) is 3.59. The lowest BCUT2D eigenvalue weighted by Gasteiger charge is -2.26. The number of nitrogens with zero attached hydrogens (tertiary/aromatic N) is 1. The molecule has 0 aliphatic carbocycles. The van der Waals surface area contributed by atoms with Crippen molar-refractivity contribution in [2.75, 3.05) is 13.2 Å². The molecule has 1 amide bonds. The van der Waals surface area contributed by atoms with Gasteiger partial charge in [-0.3, -0.25) is 0 Å². The van der Waals surface area contributed by atoms with Crippen molar-refractivity contribution >= 4 is 6.09 Å². The topological polar surface area (TPSA) is 55.6 Å². The number of halogens is 1. The number of benzene rings is 2. The van der Waals surface area contributed by atoms with Crippen molar-refractivity contribution < 1.29 is 13.9 Å². The second kappa shape index (κ2) is 7.66. The lowest BCUT2D eigenvalue weighted by atomic mass is 9.96. The first-order valence-electron chi connectivity index (χ1n) is 8.63. The third-order valence-electron chi connectivity index (χ3n) is 4.69. The molecule has 0 aromatic heterocycles. The second-order valence-electron chi connectivity index (χ2n) is 6.26. The Balaban J connectivity index is 1.86. The number of nitrogens with two attached hydrogens (primary N) is 1. The molecule has 2 atom stereocenters. The van der Waals surface area contributed by atoms with Gasteiger partial charge in [0.25, 0.3) is 0 Å². The molecule has 1 heterocycles. The van der Waals surface area contributed by atoms with E-state index in [2.05, 4.69) is 0 Å². The van der Waals surface area contributed by atoms with Crippen LogP contribution in [-0.4, -0.2) is 36.2 Å². The quantitative estimate of drug-likeness (QED) is 0.924. The fourth-order valence-electron chi connectivity index (χ4n) is 3.38. The molecule has 5 heteroatoms. The summed E-state index contributed by atoms with van der Waals surface area (Å²) < 4.78 is 20.1. The lowest BCUT2D eigenvalue weighted by Crippen LogP contribution is -2.44. The highest BCUT2D eigenvalue weighted by Crippen LogP contribution is 2.28. The van der Waals surface area contributed by atoms with Gasteiger partial charge in [0.15, 0.2) is 0 Å². The molecule has 0 radical (unpaired) electrons. The van der Waals surface area contributed by atoms with Crippen molar-refractivity contribution in [1.29, 1.82) is 0 Å². The van der Waals surface area contributed by atoms with Gasteiger partial charge in [0.1, 0.15) is 5.82 Å². The number of rotatable bonds is 4. The highest BCUT2D eigenvalue weighted by Gasteiger charge is 2.36. The summed E-state index contributed by atoms with van der Waals surface area (Å²) in [5.41, 5.74) is 8.14. The van der Waals surface area contributed by atoms with Crippen LogP contribution in [0.4, 0.5) is 9.18 Å². The summed E-state index contributed by atoms with van der Waals surface area (Å²) in [6, 6.07) is 14.4. The maximum atomic E-state index is 15.0. The normalized spacial score (nSPS) is 19.9. The van der Waals surface area contributed by atoms with Gasteiger partial charge in [0, 0.05) is 18.2 Å². The molecule has 1 fully saturated rings. The Kier molecular flexibility index (Phi) is 5.34. The summed E-state index contributed by atoms with van der Waals surface area (Å²) >= 11 is 0. The molecule has 0 spiro atoms. The predicted molar refractivity (Wildman–Crippen MR) is 95.6 cm³/mol. The zero-order chi connectivity index (χ0) is 17.8. The number of carbonyl (C=O) groups is 1. The number of hydrogen-bond acceptors (Lipinski definition) is 3. The van der Waals surface area contributed by atoms with Crippen LogP contribution in [0.3, 0.4) is 0 Å². The van der Waals surface area contributed by atoms with Gasteiger partial charge in [0.05, 0.1) is 12.6 Å². The molecular weight excluding hydrogens is 319 g/mol. The number of carbonyl (C=O) groups excluding carboxylic acids is 1. The molecule has 0 bridgehead atoms. The third kappa shape index (κ3) is 3.66. The number of likely N-dealkylation sites (tertiary alicyclic amines) is 1. The van der Waals surface area contributed by atoms with Gasteiger partial charge in [-0.15, -0.1) is 0 Å². The van der Waals surface area contributed by atoms with Crippen molar-refractivity contribution in [3.05, 3.63) is 59.9 Å². The van der Waals surface area contributed by atoms with Gasteiger partial charge in [0.2, 0.25) is 0 Å². The molecule has 1 saturated heterocycles. The molecule has 4 nitrogen and oxygen atoms in total. The first kappa shape index (κ1) is 17.4. The van der Waals surface area contributed by atoms with Crippen LogP contribution in [0, 0.1) is 5.82 Å². The van der Waals surface area contributed by atoms with Crippen LogP contribution in [-0.2, 0) is 11.2 Å². The Morgan fingerprint density at radius 3 is 2.72 bits per heavy atom. The maximum Gasteiger partial charge on any atom is 0.410 e. The van der Waals surface area contributed by atoms with Crippen LogP contribution < -0.4 is 5.73 Å². The van der Waals surface area contributed by atoms with Gasteiger partial charge >= 0.3 is 6.09 Å². The SMILES string of the molecule is CCOC(=O)N1CCC(N)C1Cc1cccc(-c2ccccc2)c1F. The summed E-state index contributed by atoms with van der Waals surface area (Å²) in [5, 5.41) is 0. The molecule has 1 aliphatic heterocycles. The van der Waals surface area contributed by atoms with E-state index in [1.54, 1.807) is 24.0 Å². The minimum absolute atomic E-state index is 0.177. The van der Waals surface area contributed by atoms with Gasteiger partial charge < -0.3 is 15.4 Å². The summed E-state index contributed by atoms with van der Waals surface area (Å²) in [6.07, 6.45) is 0.704. The Labute approximate surface area is 147 Å². The van der Waals surface area contributed by atoms with E-state index >= 15 is 4.39 Å². The largest absolute Gasteiger partial charge is 0.450 e. The zero-order valence-electron chi connectivity index (χ0n) is 14.3. The molecule has 1 aliphatic rings. The molecule has 25 heavy (non-hydrogen) atoms. The highest BCUT2D eigenvalue weighted by atomic mass is 19.1. The zero-order valence-corrected chi connectivity index (χ0v) is 14.3. The summed E-state index contributed by atoms with van der Waals surface area (Å²) in [4.78, 5) is 13.7. The number of amides is 1. The average Bonchev–Trinajstić information content (AvgIpc) is 2.98. The maximum absolute atomic E-state index is 15.0. The third-order valence-corrected chi connectivity index (χ3v) is 4.69. The molecule has 132 valence electrons. The van der Waals surface area contributed by atoms with Crippen LogP contribution in [0.1, 0.15) is 18.9 Å². The van der Waals surface area contributed by atoms with E-state index in [4.69, 9.17) is 10.5 Å². The van der Waals surface area contributed by atoms with Crippen molar-refractivity contribution in [3.63, 3.8) is 0 Å². The van der Waals surface area contributed by atoms with Gasteiger partial charge in [-0.1, -0.05) is 48.5 Å². The minimum atomic E-state index is -0.375. The average molecular weight is 342 g/mol. The van der Waals surface area contributed by atoms with Gasteiger partial charge in [-0.2, -0.15) is 0 Å². The lowest BCUT2D eigenvalue weighted by molar-refractivity contribution is 0.101. The number of ether oxygens (including phenoxy) is 1. The van der Waals surface area contributed by atoms with Crippen molar-refractivity contribution in [2.24, 2.45) is 5.73 Å². The summed E-state index contributed by atoms with van der Waals surface area (Å²) in [5.74, 6) is -0.253. The molecule has 0 saturated carbocycles. The smallest absolute Gasteiger partial charge is 0.410 e. The fourth-order valence-corrected chi connectivity index (χ4v) is 3.38. The van der Waals surface area contributed by atoms with E-state index in [0.29, 0.717) is 37.1 Å². The standard InChI is InChI=1S/C20H23FN2O2/c1-2-25-20(24)23-12-11-17(22)18(23)13-15-9-6-10-16(19(15)21)14-7-4-3-5-8-14/h3-10,17-18H,2,11-13,22H2,1H3. The number of hydrogen-bond donors (Lipinski definition) is 1. The summed E-state index contributed by atoms with van der Waals surface area (Å²) in [6.45, 7) is 2.63. The molecule has 2 unspecified atom stereocenters. The summed E-state index contributed by atoms with van der Waals surface area (Å²) in [7, 11) is 0. The highest BCUT2D eigenvalue weighted by molar-refractivity contribution is 5.69. The Morgan fingerprint density at radius 1 is 1.24 bits per heavy atom. The molecule has 2 N–H and O–H groups in total. The second-order valence-corrected chi connectivity index (χ2v) is 6.26. The Morgan fingerprint density at radius 2 is 2.00 bits per heavy atom. The van der Waals surface area contributed by atoms with E-state index in [-0.39, 0.29) is 24.0 Å². The van der Waals surface area contributed by atoms with Crippen LogP contribution in [0.2, 0.25) is 0 Å². The van der Waals surface area contributed by atoms with Crippen molar-refractivity contribution in [2.45, 2.75) is 31.8 Å². The van der Waals surface area contributed by atoms with E-state index in [1.165, 1.54) is 0 Å².